The van der Waals surface area contributed by atoms with Crippen LogP contribution in [0.3, 0.4) is 0 Å². The lowest BCUT2D eigenvalue weighted by atomic mass is 10.2. The van der Waals surface area contributed by atoms with Gasteiger partial charge in [0, 0.05) is 41.7 Å². The number of hydrogen-bond donors (Lipinski definition) is 0. The van der Waals surface area contributed by atoms with Gasteiger partial charge in [-0.05, 0) is 17.7 Å². The van der Waals surface area contributed by atoms with Gasteiger partial charge < -0.3 is 4.90 Å². The number of rotatable bonds is 6. The second-order valence-electron chi connectivity index (χ2n) is 6.08. The third-order valence-electron chi connectivity index (χ3n) is 4.06. The molecule has 0 radical (unpaired) electrons. The maximum atomic E-state index is 12.5. The first-order chi connectivity index (χ1) is 13.3. The van der Waals surface area contributed by atoms with Crippen LogP contribution in [0, 0.1) is 10.1 Å². The molecule has 3 rings (SSSR count). The van der Waals surface area contributed by atoms with Crippen LogP contribution < -0.4 is 0 Å². The molecule has 1 heterocycles. The molecule has 1 aromatic heterocycles. The fourth-order valence-electron chi connectivity index (χ4n) is 2.58. The number of likely N-dealkylation sites (N-methyl/N-ethyl adjacent to an activating group) is 1. The normalized spacial score (nSPS) is 10.7. The molecule has 0 bridgehead atoms. The van der Waals surface area contributed by atoms with E-state index in [2.05, 4.69) is 4.98 Å². The van der Waals surface area contributed by atoms with Gasteiger partial charge in [-0.15, -0.1) is 11.3 Å². The lowest BCUT2D eigenvalue weighted by Gasteiger charge is -2.17. The highest BCUT2D eigenvalue weighted by atomic mass is 35.5. The van der Waals surface area contributed by atoms with Crippen LogP contribution in [-0.4, -0.2) is 27.8 Å². The average molecular weight is 436 g/mol. The second kappa shape index (κ2) is 8.68. The zero-order chi connectivity index (χ0) is 20.3. The van der Waals surface area contributed by atoms with Crippen LogP contribution in [0.4, 0.5) is 5.69 Å². The minimum absolute atomic E-state index is 0.0656. The third kappa shape index (κ3) is 4.67. The van der Waals surface area contributed by atoms with Crippen molar-refractivity contribution in [1.82, 2.24) is 9.88 Å². The summed E-state index contributed by atoms with van der Waals surface area (Å²) in [5.74, 6) is -0.168. The number of benzene rings is 2. The maximum absolute atomic E-state index is 12.5. The van der Waals surface area contributed by atoms with Gasteiger partial charge in [0.25, 0.3) is 5.69 Å². The van der Waals surface area contributed by atoms with Crippen molar-refractivity contribution in [3.05, 3.63) is 79.3 Å². The molecule has 0 N–H and O–H groups in total. The first-order valence-corrected chi connectivity index (χ1v) is 9.85. The lowest BCUT2D eigenvalue weighted by molar-refractivity contribution is -0.384. The molecule has 144 valence electrons. The van der Waals surface area contributed by atoms with Crippen molar-refractivity contribution in [1.29, 1.82) is 0 Å². The highest BCUT2D eigenvalue weighted by Crippen LogP contribution is 2.30. The summed E-state index contributed by atoms with van der Waals surface area (Å²) < 4.78 is 0. The number of carbonyl (C=O) groups excluding carboxylic acids is 1. The van der Waals surface area contributed by atoms with Gasteiger partial charge in [0.2, 0.25) is 5.91 Å². The number of nitro groups is 1. The quantitative estimate of drug-likeness (QED) is 0.392. The molecule has 0 saturated heterocycles. The van der Waals surface area contributed by atoms with Gasteiger partial charge in [-0.1, -0.05) is 41.4 Å². The SMILES string of the molecule is CN(Cc1cc([N+](=O)[O-])ccc1Cl)C(=O)Cc1csc(-c2ccccc2Cl)n1. The fraction of sp³-hybridized carbons (Fsp3) is 0.158. The zero-order valence-corrected chi connectivity index (χ0v) is 17.1. The average Bonchev–Trinajstić information content (AvgIpc) is 3.11. The van der Waals surface area contributed by atoms with Crippen LogP contribution in [0.1, 0.15) is 11.3 Å². The number of carbonyl (C=O) groups is 1. The predicted molar refractivity (Wildman–Crippen MR) is 111 cm³/mol. The number of aromatic nitrogens is 1. The Morgan fingerprint density at radius 1 is 1.21 bits per heavy atom. The Balaban J connectivity index is 1.69. The largest absolute Gasteiger partial charge is 0.341 e. The molecule has 6 nitrogen and oxygen atoms in total. The number of halogens is 2. The van der Waals surface area contributed by atoms with Crippen molar-refractivity contribution in [2.45, 2.75) is 13.0 Å². The molecule has 0 unspecified atom stereocenters. The highest BCUT2D eigenvalue weighted by Gasteiger charge is 2.17. The Kier molecular flexibility index (Phi) is 6.28. The molecule has 3 aromatic rings. The minimum atomic E-state index is -0.493. The van der Waals surface area contributed by atoms with Crippen LogP contribution in [0.5, 0.6) is 0 Å². The van der Waals surface area contributed by atoms with E-state index in [0.717, 1.165) is 10.6 Å². The molecule has 0 spiro atoms. The number of nitro benzene ring substituents is 1. The van der Waals surface area contributed by atoms with Crippen LogP contribution in [-0.2, 0) is 17.8 Å². The summed E-state index contributed by atoms with van der Waals surface area (Å²) >= 11 is 13.7. The number of thiazole rings is 1. The summed E-state index contributed by atoms with van der Waals surface area (Å²) in [7, 11) is 1.62. The summed E-state index contributed by atoms with van der Waals surface area (Å²) in [6.07, 6.45) is 0.115. The van der Waals surface area contributed by atoms with E-state index in [1.165, 1.54) is 34.4 Å². The number of nitrogens with zero attached hydrogens (tertiary/aromatic N) is 3. The number of hydrogen-bond acceptors (Lipinski definition) is 5. The smallest absolute Gasteiger partial charge is 0.269 e. The summed E-state index contributed by atoms with van der Waals surface area (Å²) in [6.45, 7) is 0.168. The van der Waals surface area contributed by atoms with Crippen molar-refractivity contribution >= 4 is 46.1 Å². The first-order valence-electron chi connectivity index (χ1n) is 8.21. The van der Waals surface area contributed by atoms with E-state index in [1.54, 1.807) is 13.1 Å². The van der Waals surface area contributed by atoms with Gasteiger partial charge in [0.05, 0.1) is 22.1 Å². The van der Waals surface area contributed by atoms with E-state index < -0.39 is 4.92 Å². The van der Waals surface area contributed by atoms with Gasteiger partial charge >= 0.3 is 0 Å². The Bertz CT molecular complexity index is 1040. The monoisotopic (exact) mass is 435 g/mol. The van der Waals surface area contributed by atoms with Gasteiger partial charge in [-0.2, -0.15) is 0 Å². The summed E-state index contributed by atoms with van der Waals surface area (Å²) in [4.78, 5) is 29.0. The molecule has 0 aliphatic carbocycles. The predicted octanol–water partition coefficient (Wildman–Crippen LogP) is 5.23. The van der Waals surface area contributed by atoms with E-state index in [-0.39, 0.29) is 24.6 Å². The van der Waals surface area contributed by atoms with Crippen LogP contribution in [0.25, 0.3) is 10.6 Å². The lowest BCUT2D eigenvalue weighted by Crippen LogP contribution is -2.28. The summed E-state index contributed by atoms with van der Waals surface area (Å²) in [6, 6.07) is 11.6. The standard InChI is InChI=1S/C19H15Cl2N3O3S/c1-23(10-12-8-14(24(26)27)6-7-16(12)20)18(25)9-13-11-28-19(22-13)15-4-2-3-5-17(15)21/h2-8,11H,9-10H2,1H3. The summed E-state index contributed by atoms with van der Waals surface area (Å²) in [5, 5.41) is 14.5. The van der Waals surface area contributed by atoms with Gasteiger partial charge in [-0.3, -0.25) is 14.9 Å². The molecule has 0 saturated carbocycles. The van der Waals surface area contributed by atoms with Crippen molar-refractivity contribution in [3.8, 4) is 10.6 Å². The van der Waals surface area contributed by atoms with Gasteiger partial charge in [0.1, 0.15) is 5.01 Å². The molecule has 0 fully saturated rings. The Morgan fingerprint density at radius 3 is 2.68 bits per heavy atom. The molecule has 0 aliphatic heterocycles. The Morgan fingerprint density at radius 2 is 1.96 bits per heavy atom. The van der Waals surface area contributed by atoms with Gasteiger partial charge in [0.15, 0.2) is 0 Å². The fourth-order valence-corrected chi connectivity index (χ4v) is 3.89. The Labute approximate surface area is 175 Å². The van der Waals surface area contributed by atoms with Crippen molar-refractivity contribution < 1.29 is 9.72 Å². The second-order valence-corrected chi connectivity index (χ2v) is 7.76. The Hall–Kier alpha value is -2.48. The van der Waals surface area contributed by atoms with E-state index in [9.17, 15) is 14.9 Å². The maximum Gasteiger partial charge on any atom is 0.269 e. The van der Waals surface area contributed by atoms with Crippen molar-refractivity contribution in [2.24, 2.45) is 0 Å². The molecule has 9 heteroatoms. The topological polar surface area (TPSA) is 76.3 Å². The van der Waals surface area contributed by atoms with E-state index in [0.29, 0.717) is 21.3 Å². The van der Waals surface area contributed by atoms with Crippen LogP contribution >= 0.6 is 34.5 Å². The van der Waals surface area contributed by atoms with Crippen molar-refractivity contribution in [2.75, 3.05) is 7.05 Å². The number of non-ortho nitro benzene ring substituents is 1. The number of amides is 1. The molecule has 0 aliphatic rings. The first kappa shape index (κ1) is 20.3. The zero-order valence-electron chi connectivity index (χ0n) is 14.8. The minimum Gasteiger partial charge on any atom is -0.341 e. The van der Waals surface area contributed by atoms with E-state index in [1.807, 2.05) is 23.6 Å². The molecular formula is C19H15Cl2N3O3S. The van der Waals surface area contributed by atoms with Crippen molar-refractivity contribution in [3.63, 3.8) is 0 Å². The molecule has 1 amide bonds. The van der Waals surface area contributed by atoms with E-state index in [4.69, 9.17) is 23.2 Å². The molecule has 0 atom stereocenters. The third-order valence-corrected chi connectivity index (χ3v) is 5.68. The van der Waals surface area contributed by atoms with Crippen LogP contribution in [0.15, 0.2) is 47.8 Å². The summed E-state index contributed by atoms with van der Waals surface area (Å²) in [5.41, 5.74) is 1.91. The van der Waals surface area contributed by atoms with Crippen LogP contribution in [0.2, 0.25) is 10.0 Å². The van der Waals surface area contributed by atoms with Gasteiger partial charge in [-0.25, -0.2) is 4.98 Å². The molecular weight excluding hydrogens is 421 g/mol. The van der Waals surface area contributed by atoms with E-state index >= 15 is 0 Å². The highest BCUT2D eigenvalue weighted by molar-refractivity contribution is 7.13. The molecule has 2 aromatic carbocycles. The molecule has 28 heavy (non-hydrogen) atoms.